The van der Waals surface area contributed by atoms with E-state index >= 15 is 0 Å². The average molecular weight is 336 g/mol. The van der Waals surface area contributed by atoms with E-state index in [4.69, 9.17) is 0 Å². The molecule has 3 rings (SSSR count). The molecule has 0 aliphatic carbocycles. The quantitative estimate of drug-likeness (QED) is 0.525. The van der Waals surface area contributed by atoms with Gasteiger partial charge in [-0.3, -0.25) is 4.90 Å². The van der Waals surface area contributed by atoms with Crippen molar-refractivity contribution in [3.63, 3.8) is 0 Å². The summed E-state index contributed by atoms with van der Waals surface area (Å²) in [6.07, 6.45) is 9.70. The summed E-state index contributed by atoms with van der Waals surface area (Å²) in [5.41, 5.74) is 2.86. The fourth-order valence-corrected chi connectivity index (χ4v) is 4.30. The van der Waals surface area contributed by atoms with Gasteiger partial charge in [-0.05, 0) is 49.4 Å². The zero-order valence-electron chi connectivity index (χ0n) is 15.7. The van der Waals surface area contributed by atoms with Crippen molar-refractivity contribution < 1.29 is 0 Å². The molecule has 134 valence electrons. The van der Waals surface area contributed by atoms with E-state index in [0.29, 0.717) is 6.04 Å². The summed E-state index contributed by atoms with van der Waals surface area (Å²) >= 11 is 0. The summed E-state index contributed by atoms with van der Waals surface area (Å²) in [4.78, 5) is 2.73. The maximum Gasteiger partial charge on any atom is 0.0601 e. The van der Waals surface area contributed by atoms with E-state index in [1.165, 1.54) is 69.2 Å². The second kappa shape index (κ2) is 9.77. The van der Waals surface area contributed by atoms with Crippen LogP contribution in [0, 0.1) is 5.92 Å². The monoisotopic (exact) mass is 335 g/mol. The molecular formula is C24H33N. The van der Waals surface area contributed by atoms with Crippen LogP contribution < -0.4 is 0 Å². The van der Waals surface area contributed by atoms with Crippen molar-refractivity contribution in [3.8, 4) is 0 Å². The van der Waals surface area contributed by atoms with Crippen LogP contribution in [0.5, 0.6) is 0 Å². The number of hydrogen-bond acceptors (Lipinski definition) is 1. The molecule has 25 heavy (non-hydrogen) atoms. The molecule has 0 spiro atoms. The number of unbranched alkanes of at least 4 members (excludes halogenated alkanes) is 2. The van der Waals surface area contributed by atoms with Crippen LogP contribution in [0.2, 0.25) is 0 Å². The molecular weight excluding hydrogens is 302 g/mol. The second-order valence-electron chi connectivity index (χ2n) is 7.55. The van der Waals surface area contributed by atoms with E-state index in [-0.39, 0.29) is 0 Å². The van der Waals surface area contributed by atoms with Crippen LogP contribution >= 0.6 is 0 Å². The van der Waals surface area contributed by atoms with Gasteiger partial charge in [0.15, 0.2) is 0 Å². The molecule has 1 atom stereocenters. The molecule has 1 aliphatic rings. The Morgan fingerprint density at radius 2 is 1.48 bits per heavy atom. The summed E-state index contributed by atoms with van der Waals surface area (Å²) in [5, 5.41) is 0. The minimum absolute atomic E-state index is 0.400. The van der Waals surface area contributed by atoms with E-state index in [9.17, 15) is 0 Å². The van der Waals surface area contributed by atoms with Crippen LogP contribution in [-0.2, 0) is 0 Å². The molecule has 1 saturated heterocycles. The van der Waals surface area contributed by atoms with Gasteiger partial charge in [0.2, 0.25) is 0 Å². The van der Waals surface area contributed by atoms with Crippen molar-refractivity contribution in [1.29, 1.82) is 0 Å². The second-order valence-corrected chi connectivity index (χ2v) is 7.55. The first kappa shape index (κ1) is 18.2. The highest BCUT2D eigenvalue weighted by Crippen LogP contribution is 2.32. The van der Waals surface area contributed by atoms with Crippen molar-refractivity contribution in [3.05, 3.63) is 71.8 Å². The molecule has 2 aromatic rings. The third-order valence-electron chi connectivity index (χ3n) is 5.69. The fourth-order valence-electron chi connectivity index (χ4n) is 4.30. The van der Waals surface area contributed by atoms with E-state index in [2.05, 4.69) is 72.5 Å². The topological polar surface area (TPSA) is 3.24 Å². The van der Waals surface area contributed by atoms with Crippen molar-refractivity contribution in [2.24, 2.45) is 5.92 Å². The van der Waals surface area contributed by atoms with Crippen molar-refractivity contribution in [2.75, 3.05) is 13.1 Å². The maximum atomic E-state index is 2.73. The van der Waals surface area contributed by atoms with E-state index in [0.717, 1.165) is 5.92 Å². The Labute approximate surface area is 154 Å². The Morgan fingerprint density at radius 1 is 0.840 bits per heavy atom. The molecule has 0 bridgehead atoms. The number of benzene rings is 2. The number of nitrogens with zero attached hydrogens (tertiary/aromatic N) is 1. The third-order valence-corrected chi connectivity index (χ3v) is 5.69. The Balaban J connectivity index is 1.73. The molecule has 0 aromatic heterocycles. The SMILES string of the molecule is CCCCCC1CCCN(C(c2ccccc2)c2ccccc2)CC1. The van der Waals surface area contributed by atoms with Crippen molar-refractivity contribution in [1.82, 2.24) is 4.90 Å². The van der Waals surface area contributed by atoms with Crippen LogP contribution in [-0.4, -0.2) is 18.0 Å². The Morgan fingerprint density at radius 3 is 2.08 bits per heavy atom. The van der Waals surface area contributed by atoms with E-state index < -0.39 is 0 Å². The van der Waals surface area contributed by atoms with Crippen LogP contribution in [0.25, 0.3) is 0 Å². The lowest BCUT2D eigenvalue weighted by Gasteiger charge is -2.31. The minimum Gasteiger partial charge on any atom is -0.292 e. The summed E-state index contributed by atoms with van der Waals surface area (Å²) in [7, 11) is 0. The van der Waals surface area contributed by atoms with E-state index in [1.54, 1.807) is 0 Å². The lowest BCUT2D eigenvalue weighted by Crippen LogP contribution is -2.30. The average Bonchev–Trinajstić information content (AvgIpc) is 2.90. The molecule has 0 amide bonds. The van der Waals surface area contributed by atoms with Gasteiger partial charge < -0.3 is 0 Å². The number of hydrogen-bond donors (Lipinski definition) is 0. The van der Waals surface area contributed by atoms with Crippen LogP contribution in [0.3, 0.4) is 0 Å². The standard InChI is InChI=1S/C24H33N/c1-2-3-6-12-21-13-11-19-25(20-18-21)24(22-14-7-4-8-15-22)23-16-9-5-10-17-23/h4-5,7-10,14-17,21,24H,2-3,6,11-13,18-20H2,1H3. The molecule has 0 N–H and O–H groups in total. The van der Waals surface area contributed by atoms with Gasteiger partial charge in [0.25, 0.3) is 0 Å². The first-order valence-corrected chi connectivity index (χ1v) is 10.2. The fraction of sp³-hybridized carbons (Fsp3) is 0.500. The van der Waals surface area contributed by atoms with Gasteiger partial charge >= 0.3 is 0 Å². The molecule has 1 aliphatic heterocycles. The van der Waals surface area contributed by atoms with Gasteiger partial charge in [0.1, 0.15) is 0 Å². The molecule has 0 radical (unpaired) electrons. The lowest BCUT2D eigenvalue weighted by molar-refractivity contribution is 0.230. The number of likely N-dealkylation sites (tertiary alicyclic amines) is 1. The summed E-state index contributed by atoms with van der Waals surface area (Å²) in [5.74, 6) is 0.934. The molecule has 1 heteroatoms. The Hall–Kier alpha value is -1.60. The smallest absolute Gasteiger partial charge is 0.0601 e. The molecule has 1 nitrogen and oxygen atoms in total. The Bertz CT molecular complexity index is 553. The summed E-state index contributed by atoms with van der Waals surface area (Å²) < 4.78 is 0. The van der Waals surface area contributed by atoms with E-state index in [1.807, 2.05) is 0 Å². The summed E-state index contributed by atoms with van der Waals surface area (Å²) in [6, 6.07) is 22.5. The Kier molecular flexibility index (Phi) is 7.11. The van der Waals surface area contributed by atoms with Gasteiger partial charge in [-0.2, -0.15) is 0 Å². The molecule has 0 saturated carbocycles. The highest BCUT2D eigenvalue weighted by molar-refractivity contribution is 5.31. The molecule has 1 unspecified atom stereocenters. The normalized spacial score (nSPS) is 19.0. The highest BCUT2D eigenvalue weighted by atomic mass is 15.2. The van der Waals surface area contributed by atoms with Gasteiger partial charge in [-0.25, -0.2) is 0 Å². The lowest BCUT2D eigenvalue weighted by atomic mass is 9.94. The highest BCUT2D eigenvalue weighted by Gasteiger charge is 2.25. The zero-order chi connectivity index (χ0) is 17.3. The largest absolute Gasteiger partial charge is 0.292 e. The van der Waals surface area contributed by atoms with Gasteiger partial charge in [0, 0.05) is 0 Å². The molecule has 1 fully saturated rings. The number of rotatable bonds is 7. The van der Waals surface area contributed by atoms with Gasteiger partial charge in [0.05, 0.1) is 6.04 Å². The molecule has 1 heterocycles. The van der Waals surface area contributed by atoms with Gasteiger partial charge in [-0.1, -0.05) is 93.3 Å². The molecule has 2 aromatic carbocycles. The predicted molar refractivity (Wildman–Crippen MR) is 108 cm³/mol. The maximum absolute atomic E-state index is 2.73. The predicted octanol–water partition coefficient (Wildman–Crippen LogP) is 6.46. The van der Waals surface area contributed by atoms with Crippen LogP contribution in [0.1, 0.15) is 69.0 Å². The zero-order valence-corrected chi connectivity index (χ0v) is 15.7. The van der Waals surface area contributed by atoms with Crippen LogP contribution in [0.15, 0.2) is 60.7 Å². The van der Waals surface area contributed by atoms with Crippen molar-refractivity contribution in [2.45, 2.75) is 57.9 Å². The minimum atomic E-state index is 0.400. The van der Waals surface area contributed by atoms with Gasteiger partial charge in [-0.15, -0.1) is 0 Å². The first-order valence-electron chi connectivity index (χ1n) is 10.2. The van der Waals surface area contributed by atoms with Crippen molar-refractivity contribution >= 4 is 0 Å². The summed E-state index contributed by atoms with van der Waals surface area (Å²) in [6.45, 7) is 4.75. The first-order chi connectivity index (χ1) is 12.4. The third kappa shape index (κ3) is 5.19. The van der Waals surface area contributed by atoms with Crippen LogP contribution in [0.4, 0.5) is 0 Å².